The molecule has 0 bridgehead atoms. The molecular formula is C16H22N2O3. The Morgan fingerprint density at radius 3 is 2.57 bits per heavy atom. The number of rotatable bonds is 6. The van der Waals surface area contributed by atoms with Crippen molar-refractivity contribution in [3.8, 4) is 11.8 Å². The zero-order valence-electron chi connectivity index (χ0n) is 13.2. The first-order valence-corrected chi connectivity index (χ1v) is 6.81. The summed E-state index contributed by atoms with van der Waals surface area (Å²) >= 11 is 0. The summed E-state index contributed by atoms with van der Waals surface area (Å²) in [6.45, 7) is 5.80. The average Bonchev–Trinajstić information content (AvgIpc) is 2.46. The van der Waals surface area contributed by atoms with Crippen LogP contribution in [0.15, 0.2) is 18.2 Å². The van der Waals surface area contributed by atoms with Crippen LogP contribution in [-0.2, 0) is 9.53 Å². The minimum Gasteiger partial charge on any atom is -0.497 e. The lowest BCUT2D eigenvalue weighted by Gasteiger charge is -2.28. The number of ether oxygens (including phenoxy) is 2. The van der Waals surface area contributed by atoms with E-state index in [0.717, 1.165) is 0 Å². The number of methoxy groups -OCH3 is 2. The van der Waals surface area contributed by atoms with Crippen LogP contribution in [0.3, 0.4) is 0 Å². The summed E-state index contributed by atoms with van der Waals surface area (Å²) in [6.07, 6.45) is 0.591. The van der Waals surface area contributed by atoms with Gasteiger partial charge >= 0.3 is 0 Å². The number of carbonyl (C=O) groups excluding carboxylic acids is 1. The minimum atomic E-state index is -0.930. The number of benzene rings is 1. The highest BCUT2D eigenvalue weighted by Crippen LogP contribution is 2.25. The topological polar surface area (TPSA) is 71.3 Å². The molecule has 0 radical (unpaired) electrons. The Bertz CT molecular complexity index is 549. The highest BCUT2D eigenvalue weighted by atomic mass is 16.5. The van der Waals surface area contributed by atoms with Crippen LogP contribution in [-0.4, -0.2) is 25.7 Å². The van der Waals surface area contributed by atoms with Crippen LogP contribution in [0, 0.1) is 17.2 Å². The average molecular weight is 290 g/mol. The molecule has 114 valence electrons. The molecule has 0 aromatic heterocycles. The predicted octanol–water partition coefficient (Wildman–Crippen LogP) is 2.96. The zero-order valence-corrected chi connectivity index (χ0v) is 13.2. The molecule has 1 atom stereocenters. The maximum Gasteiger partial charge on any atom is 0.256 e. The van der Waals surface area contributed by atoms with Gasteiger partial charge in [-0.3, -0.25) is 4.79 Å². The Hall–Kier alpha value is -2.06. The van der Waals surface area contributed by atoms with Gasteiger partial charge in [-0.05, 0) is 37.5 Å². The molecule has 0 saturated carbocycles. The van der Waals surface area contributed by atoms with Crippen molar-refractivity contribution in [2.45, 2.75) is 32.8 Å². The number of hydrogen-bond acceptors (Lipinski definition) is 4. The third-order valence-corrected chi connectivity index (χ3v) is 3.32. The second kappa shape index (κ2) is 7.09. The Kier molecular flexibility index (Phi) is 5.74. The SMILES string of the molecule is COc1ccc(NC(=O)C(C)(CC(C)C)OC)c(C#N)c1. The highest BCUT2D eigenvalue weighted by molar-refractivity contribution is 5.98. The van der Waals surface area contributed by atoms with Crippen molar-refractivity contribution in [3.05, 3.63) is 23.8 Å². The molecule has 1 N–H and O–H groups in total. The lowest BCUT2D eigenvalue weighted by molar-refractivity contribution is -0.137. The summed E-state index contributed by atoms with van der Waals surface area (Å²) in [5.41, 5.74) is -0.123. The third-order valence-electron chi connectivity index (χ3n) is 3.32. The van der Waals surface area contributed by atoms with Gasteiger partial charge in [-0.15, -0.1) is 0 Å². The molecule has 21 heavy (non-hydrogen) atoms. The molecule has 0 aliphatic carbocycles. The van der Waals surface area contributed by atoms with Gasteiger partial charge in [-0.1, -0.05) is 13.8 Å². The number of nitrogens with one attached hydrogen (secondary N) is 1. The number of nitriles is 1. The summed E-state index contributed by atoms with van der Waals surface area (Å²) in [5, 5.41) is 11.9. The fourth-order valence-electron chi connectivity index (χ4n) is 2.15. The molecule has 0 heterocycles. The number of hydrogen-bond donors (Lipinski definition) is 1. The number of amides is 1. The van der Waals surface area contributed by atoms with E-state index in [1.165, 1.54) is 14.2 Å². The van der Waals surface area contributed by atoms with E-state index in [-0.39, 0.29) is 5.91 Å². The Balaban J connectivity index is 3.00. The first kappa shape index (κ1) is 17.0. The molecule has 1 aromatic carbocycles. The molecule has 0 aliphatic heterocycles. The summed E-state index contributed by atoms with van der Waals surface area (Å²) in [7, 11) is 3.04. The molecule has 0 spiro atoms. The number of anilines is 1. The quantitative estimate of drug-likeness (QED) is 0.874. The van der Waals surface area contributed by atoms with Crippen LogP contribution in [0.25, 0.3) is 0 Å². The van der Waals surface area contributed by atoms with Crippen molar-refractivity contribution in [2.75, 3.05) is 19.5 Å². The van der Waals surface area contributed by atoms with Crippen LogP contribution in [0.1, 0.15) is 32.8 Å². The number of carbonyl (C=O) groups is 1. The molecular weight excluding hydrogens is 268 g/mol. The van der Waals surface area contributed by atoms with Gasteiger partial charge in [0.25, 0.3) is 5.91 Å². The second-order valence-corrected chi connectivity index (χ2v) is 5.51. The van der Waals surface area contributed by atoms with E-state index in [9.17, 15) is 4.79 Å². The van der Waals surface area contributed by atoms with Crippen LogP contribution < -0.4 is 10.1 Å². The monoisotopic (exact) mass is 290 g/mol. The highest BCUT2D eigenvalue weighted by Gasteiger charge is 2.34. The maximum atomic E-state index is 12.4. The van der Waals surface area contributed by atoms with E-state index in [4.69, 9.17) is 14.7 Å². The molecule has 1 unspecified atom stereocenters. The zero-order chi connectivity index (χ0) is 16.0. The summed E-state index contributed by atoms with van der Waals surface area (Å²) in [6, 6.07) is 6.99. The van der Waals surface area contributed by atoms with Crippen molar-refractivity contribution in [1.29, 1.82) is 5.26 Å². The van der Waals surface area contributed by atoms with E-state index in [0.29, 0.717) is 29.3 Å². The van der Waals surface area contributed by atoms with Gasteiger partial charge in [0.05, 0.1) is 18.4 Å². The number of nitrogens with zero attached hydrogens (tertiary/aromatic N) is 1. The van der Waals surface area contributed by atoms with Gasteiger partial charge in [0, 0.05) is 7.11 Å². The van der Waals surface area contributed by atoms with Gasteiger partial charge in [0.1, 0.15) is 17.4 Å². The first-order valence-electron chi connectivity index (χ1n) is 6.81. The molecule has 1 rings (SSSR count). The van der Waals surface area contributed by atoms with E-state index < -0.39 is 5.60 Å². The standard InChI is InChI=1S/C16H22N2O3/c1-11(2)9-16(3,21-5)15(19)18-14-7-6-13(20-4)8-12(14)10-17/h6-8,11H,9H2,1-5H3,(H,18,19). The van der Waals surface area contributed by atoms with Gasteiger partial charge < -0.3 is 14.8 Å². The lowest BCUT2D eigenvalue weighted by atomic mass is 9.93. The van der Waals surface area contributed by atoms with Crippen molar-refractivity contribution < 1.29 is 14.3 Å². The van der Waals surface area contributed by atoms with Crippen molar-refractivity contribution >= 4 is 11.6 Å². The van der Waals surface area contributed by atoms with Crippen LogP contribution in [0.5, 0.6) is 5.75 Å². The van der Waals surface area contributed by atoms with Gasteiger partial charge in [-0.25, -0.2) is 0 Å². The van der Waals surface area contributed by atoms with Gasteiger partial charge in [-0.2, -0.15) is 5.26 Å². The van der Waals surface area contributed by atoms with Gasteiger partial charge in [0.15, 0.2) is 0 Å². The molecule has 0 fully saturated rings. The van der Waals surface area contributed by atoms with Crippen LogP contribution in [0.2, 0.25) is 0 Å². The predicted molar refractivity (Wildman–Crippen MR) is 81.2 cm³/mol. The van der Waals surface area contributed by atoms with Crippen molar-refractivity contribution in [1.82, 2.24) is 0 Å². The summed E-state index contributed by atoms with van der Waals surface area (Å²) in [4.78, 5) is 12.4. The summed E-state index contributed by atoms with van der Waals surface area (Å²) in [5.74, 6) is 0.619. The van der Waals surface area contributed by atoms with Crippen molar-refractivity contribution in [2.24, 2.45) is 5.92 Å². The van der Waals surface area contributed by atoms with Crippen molar-refractivity contribution in [3.63, 3.8) is 0 Å². The molecule has 0 saturated heterocycles. The lowest BCUT2D eigenvalue weighted by Crippen LogP contribution is -2.43. The van der Waals surface area contributed by atoms with E-state index >= 15 is 0 Å². The largest absolute Gasteiger partial charge is 0.497 e. The van der Waals surface area contributed by atoms with Crippen LogP contribution >= 0.6 is 0 Å². The Morgan fingerprint density at radius 2 is 2.10 bits per heavy atom. The Morgan fingerprint density at radius 1 is 1.43 bits per heavy atom. The van der Waals surface area contributed by atoms with Crippen LogP contribution in [0.4, 0.5) is 5.69 Å². The molecule has 5 nitrogen and oxygen atoms in total. The Labute approximate surface area is 125 Å². The minimum absolute atomic E-state index is 0.264. The summed E-state index contributed by atoms with van der Waals surface area (Å²) < 4.78 is 10.5. The smallest absolute Gasteiger partial charge is 0.256 e. The third kappa shape index (κ3) is 4.20. The van der Waals surface area contributed by atoms with E-state index in [1.807, 2.05) is 13.8 Å². The molecule has 0 aliphatic rings. The fraction of sp³-hybridized carbons (Fsp3) is 0.500. The molecule has 1 aromatic rings. The fourth-order valence-corrected chi connectivity index (χ4v) is 2.15. The van der Waals surface area contributed by atoms with E-state index in [1.54, 1.807) is 25.1 Å². The maximum absolute atomic E-state index is 12.4. The second-order valence-electron chi connectivity index (χ2n) is 5.51. The van der Waals surface area contributed by atoms with Gasteiger partial charge in [0.2, 0.25) is 0 Å². The molecule has 5 heteroatoms. The van der Waals surface area contributed by atoms with E-state index in [2.05, 4.69) is 11.4 Å². The first-order chi connectivity index (χ1) is 9.86. The molecule has 1 amide bonds. The normalized spacial score (nSPS) is 13.4.